The van der Waals surface area contributed by atoms with Gasteiger partial charge in [-0.05, 0) is 18.2 Å². The fourth-order valence-corrected chi connectivity index (χ4v) is 4.60. The number of carbonyl (C=O) groups excluding carboxylic acids is 2. The summed E-state index contributed by atoms with van der Waals surface area (Å²) in [6.07, 6.45) is -1.73. The predicted molar refractivity (Wildman–Crippen MR) is 100 cm³/mol. The molecule has 9 nitrogen and oxygen atoms in total. The molecule has 1 fully saturated rings. The van der Waals surface area contributed by atoms with Gasteiger partial charge in [0.05, 0.1) is 12.1 Å². The number of fused-ring (bicyclic) bond motifs is 1. The molecular formula is C17H18F3N5O4S. The minimum absolute atomic E-state index is 0.0413. The number of rotatable bonds is 5. The number of piperazine rings is 1. The largest absolute Gasteiger partial charge is 0.434 e. The van der Waals surface area contributed by atoms with E-state index in [-0.39, 0.29) is 49.5 Å². The van der Waals surface area contributed by atoms with E-state index >= 15 is 0 Å². The van der Waals surface area contributed by atoms with Crippen LogP contribution in [-0.4, -0.2) is 71.1 Å². The first-order chi connectivity index (χ1) is 14.1. The molecule has 1 saturated heterocycles. The van der Waals surface area contributed by atoms with Crippen molar-refractivity contribution in [1.29, 1.82) is 0 Å². The number of carbonyl (C=O) groups is 2. The van der Waals surface area contributed by atoms with Gasteiger partial charge in [-0.1, -0.05) is 6.58 Å². The molecule has 1 aliphatic heterocycles. The third-order valence-electron chi connectivity index (χ3n) is 4.62. The molecule has 2 aromatic rings. The lowest BCUT2D eigenvalue weighted by Crippen LogP contribution is -2.53. The molecule has 30 heavy (non-hydrogen) atoms. The van der Waals surface area contributed by atoms with Crippen LogP contribution in [0.15, 0.2) is 37.2 Å². The Morgan fingerprint density at radius 3 is 2.47 bits per heavy atom. The minimum atomic E-state index is -4.72. The highest BCUT2D eigenvalue weighted by Crippen LogP contribution is 2.34. The van der Waals surface area contributed by atoms with Gasteiger partial charge in [-0.25, -0.2) is 3.97 Å². The fraction of sp³-hybridized carbons (Fsp3) is 0.353. The molecule has 0 radical (unpaired) electrons. The average molecular weight is 445 g/mol. The normalized spacial score (nSPS) is 15.9. The van der Waals surface area contributed by atoms with Crippen LogP contribution in [0, 0.1) is 0 Å². The smallest absolute Gasteiger partial charge is 0.343 e. The van der Waals surface area contributed by atoms with E-state index < -0.39 is 28.0 Å². The molecule has 0 spiro atoms. The summed E-state index contributed by atoms with van der Waals surface area (Å²) in [5.41, 5.74) is -1.30. The maximum Gasteiger partial charge on any atom is 0.434 e. The van der Waals surface area contributed by atoms with Crippen molar-refractivity contribution in [2.24, 2.45) is 0 Å². The van der Waals surface area contributed by atoms with E-state index in [0.29, 0.717) is 0 Å². The lowest BCUT2D eigenvalue weighted by Gasteiger charge is -2.34. The van der Waals surface area contributed by atoms with E-state index in [1.807, 2.05) is 0 Å². The average Bonchev–Trinajstić information content (AvgIpc) is 3.16. The van der Waals surface area contributed by atoms with Crippen molar-refractivity contribution in [3.63, 3.8) is 0 Å². The molecule has 2 amide bonds. The number of aromatic nitrogens is 2. The van der Waals surface area contributed by atoms with E-state index in [1.165, 1.54) is 11.0 Å². The quantitative estimate of drug-likeness (QED) is 0.679. The molecule has 3 rings (SSSR count). The van der Waals surface area contributed by atoms with Crippen LogP contribution in [0.5, 0.6) is 0 Å². The van der Waals surface area contributed by atoms with E-state index in [9.17, 15) is 31.2 Å². The highest BCUT2D eigenvalue weighted by Gasteiger charge is 2.36. The maximum atomic E-state index is 13.1. The number of alkyl halides is 3. The van der Waals surface area contributed by atoms with Crippen molar-refractivity contribution in [2.75, 3.05) is 32.7 Å². The summed E-state index contributed by atoms with van der Waals surface area (Å²) in [5, 5.41) is 2.03. The second kappa shape index (κ2) is 8.07. The first kappa shape index (κ1) is 21.8. The molecule has 0 bridgehead atoms. The van der Waals surface area contributed by atoms with Crippen LogP contribution in [-0.2, 0) is 26.0 Å². The van der Waals surface area contributed by atoms with Crippen molar-refractivity contribution in [2.45, 2.75) is 6.18 Å². The summed E-state index contributed by atoms with van der Waals surface area (Å²) in [4.78, 5) is 28.0. The SMILES string of the molecule is C=CC(=O)NCC(=O)N1CCN(S(=O)(=O)n2ccc3c(C(F)(F)F)nccc32)CC1. The third-order valence-corrected chi connectivity index (χ3v) is 6.45. The molecule has 0 aliphatic carbocycles. The monoisotopic (exact) mass is 445 g/mol. The molecule has 1 aliphatic rings. The fourth-order valence-electron chi connectivity index (χ4n) is 3.11. The Morgan fingerprint density at radius 2 is 1.87 bits per heavy atom. The van der Waals surface area contributed by atoms with Crippen LogP contribution in [0.1, 0.15) is 5.69 Å². The van der Waals surface area contributed by atoms with Gasteiger partial charge in [0.2, 0.25) is 11.8 Å². The highest BCUT2D eigenvalue weighted by atomic mass is 32.2. The van der Waals surface area contributed by atoms with Gasteiger partial charge < -0.3 is 10.2 Å². The predicted octanol–water partition coefficient (Wildman–Crippen LogP) is 0.594. The first-order valence-electron chi connectivity index (χ1n) is 8.77. The zero-order valence-electron chi connectivity index (χ0n) is 15.6. The zero-order chi connectivity index (χ0) is 22.1. The van der Waals surface area contributed by atoms with E-state index in [0.717, 1.165) is 32.8 Å². The Labute approximate surface area is 169 Å². The number of amides is 2. The molecular weight excluding hydrogens is 427 g/mol. The molecule has 0 aromatic carbocycles. The van der Waals surface area contributed by atoms with Gasteiger partial charge in [-0.3, -0.25) is 14.6 Å². The molecule has 0 saturated carbocycles. The van der Waals surface area contributed by atoms with E-state index in [2.05, 4.69) is 16.9 Å². The molecule has 162 valence electrons. The molecule has 1 N–H and O–H groups in total. The number of pyridine rings is 1. The Hall–Kier alpha value is -2.93. The van der Waals surface area contributed by atoms with Crippen LogP contribution < -0.4 is 5.32 Å². The van der Waals surface area contributed by atoms with Gasteiger partial charge in [0.1, 0.15) is 0 Å². The number of halogens is 3. The Bertz CT molecular complexity index is 1090. The molecule has 3 heterocycles. The maximum absolute atomic E-state index is 13.1. The summed E-state index contributed by atoms with van der Waals surface area (Å²) < 4.78 is 67.2. The van der Waals surface area contributed by atoms with Crippen LogP contribution in [0.2, 0.25) is 0 Å². The van der Waals surface area contributed by atoms with E-state index in [4.69, 9.17) is 0 Å². The van der Waals surface area contributed by atoms with Crippen molar-refractivity contribution in [3.05, 3.63) is 42.9 Å². The Morgan fingerprint density at radius 1 is 1.20 bits per heavy atom. The second-order valence-corrected chi connectivity index (χ2v) is 8.22. The summed E-state index contributed by atoms with van der Waals surface area (Å²) in [6.45, 7) is 3.11. The van der Waals surface area contributed by atoms with Crippen molar-refractivity contribution in [1.82, 2.24) is 23.5 Å². The van der Waals surface area contributed by atoms with Gasteiger partial charge in [0.25, 0.3) is 0 Å². The molecule has 13 heteroatoms. The third kappa shape index (κ3) is 4.16. The minimum Gasteiger partial charge on any atom is -0.343 e. The second-order valence-electron chi connectivity index (χ2n) is 6.41. The number of nitrogens with zero attached hydrogens (tertiary/aromatic N) is 4. The van der Waals surface area contributed by atoms with Crippen LogP contribution >= 0.6 is 0 Å². The van der Waals surface area contributed by atoms with Crippen molar-refractivity contribution >= 4 is 32.9 Å². The topological polar surface area (TPSA) is 105 Å². The van der Waals surface area contributed by atoms with Gasteiger partial charge in [0.15, 0.2) is 5.69 Å². The van der Waals surface area contributed by atoms with Crippen LogP contribution in [0.3, 0.4) is 0 Å². The summed E-state index contributed by atoms with van der Waals surface area (Å²) >= 11 is 0. The number of nitrogens with one attached hydrogen (secondary N) is 1. The Balaban J connectivity index is 1.76. The highest BCUT2D eigenvalue weighted by molar-refractivity contribution is 7.87. The summed E-state index contributed by atoms with van der Waals surface area (Å²) in [7, 11) is -4.15. The van der Waals surface area contributed by atoms with Crippen molar-refractivity contribution in [3.8, 4) is 0 Å². The zero-order valence-corrected chi connectivity index (χ0v) is 16.4. The van der Waals surface area contributed by atoms with Gasteiger partial charge in [-0.15, -0.1) is 0 Å². The lowest BCUT2D eigenvalue weighted by molar-refractivity contribution is -0.139. The standard InChI is InChI=1S/C17H18F3N5O4S/c1-2-14(26)22-11-15(27)23-7-9-24(10-8-23)30(28,29)25-6-4-12-13(25)3-5-21-16(12)17(18,19)20/h2-6H,1,7-11H2,(H,22,26). The Kier molecular flexibility index (Phi) is 5.85. The molecule has 0 atom stereocenters. The van der Waals surface area contributed by atoms with E-state index in [1.54, 1.807) is 0 Å². The van der Waals surface area contributed by atoms with Gasteiger partial charge in [0, 0.05) is 44.0 Å². The summed E-state index contributed by atoms with van der Waals surface area (Å²) in [6, 6.07) is 2.26. The van der Waals surface area contributed by atoms with Gasteiger partial charge in [-0.2, -0.15) is 25.9 Å². The molecule has 2 aromatic heterocycles. The molecule has 0 unspecified atom stereocenters. The van der Waals surface area contributed by atoms with Crippen molar-refractivity contribution < 1.29 is 31.2 Å². The number of hydrogen-bond donors (Lipinski definition) is 1. The summed E-state index contributed by atoms with van der Waals surface area (Å²) in [5.74, 6) is -0.883. The van der Waals surface area contributed by atoms with Gasteiger partial charge >= 0.3 is 16.4 Å². The first-order valence-corrected chi connectivity index (χ1v) is 10.2. The van der Waals surface area contributed by atoms with Crippen LogP contribution in [0.25, 0.3) is 10.9 Å². The lowest BCUT2D eigenvalue weighted by atomic mass is 10.2. The number of hydrogen-bond acceptors (Lipinski definition) is 5. The van der Waals surface area contributed by atoms with Crippen LogP contribution in [0.4, 0.5) is 13.2 Å².